The van der Waals surface area contributed by atoms with E-state index in [9.17, 15) is 27.6 Å². The molecule has 2 aromatic carbocycles. The van der Waals surface area contributed by atoms with Gasteiger partial charge in [-0.1, -0.05) is 43.5 Å². The third-order valence-corrected chi connectivity index (χ3v) is 19.2. The number of rotatable bonds is 18. The number of piperidine rings is 1. The van der Waals surface area contributed by atoms with Crippen LogP contribution in [0.2, 0.25) is 0 Å². The van der Waals surface area contributed by atoms with Crippen molar-refractivity contribution in [3.05, 3.63) is 89.0 Å². The number of carbonyl (C=O) groups excluding carboxylic acids is 4. The molecular weight excluding hydrogens is 1010 g/mol. The van der Waals surface area contributed by atoms with E-state index >= 15 is 0 Å². The SMILES string of the molecule is CN[C@@H](C)C(=O)NC(C(=O)N1C[C@@H](NC(=O)c2ccc(N3CCC(CCCOc4cc5ncnc(Nc6n[nH]c(C)c6C)c5cc4S(=O)(=O)C(C)(C)C)CC3)nc2)C[C@H]1C(=O)N[C@@H]1CCCc2ccccc21)C1CCCCC1. The molecule has 1 saturated carbocycles. The second-order valence-electron chi connectivity index (χ2n) is 22.9. The van der Waals surface area contributed by atoms with Crippen molar-refractivity contribution < 1.29 is 32.3 Å². The minimum Gasteiger partial charge on any atom is -0.492 e. The van der Waals surface area contributed by atoms with Gasteiger partial charge in [0.25, 0.3) is 5.91 Å². The minimum atomic E-state index is -3.83. The molecule has 1 unspecified atom stereocenters. The number of hydrogen-bond donors (Lipinski definition) is 6. The largest absolute Gasteiger partial charge is 0.492 e. The summed E-state index contributed by atoms with van der Waals surface area (Å²) < 4.78 is 33.3. The number of anilines is 3. The Morgan fingerprint density at radius 2 is 1.67 bits per heavy atom. The molecule has 0 radical (unpaired) electrons. The maximum absolute atomic E-state index is 14.8. The van der Waals surface area contributed by atoms with Crippen LogP contribution in [0.1, 0.15) is 144 Å². The molecule has 6 N–H and O–H groups in total. The number of aromatic nitrogens is 5. The molecule has 5 atom stereocenters. The number of fused-ring (bicyclic) bond motifs is 2. The molecule has 4 aliphatic rings. The van der Waals surface area contributed by atoms with Crippen molar-refractivity contribution in [1.82, 2.24) is 51.3 Å². The number of amides is 4. The second kappa shape index (κ2) is 24.1. The lowest BCUT2D eigenvalue weighted by Crippen LogP contribution is -2.58. The highest BCUT2D eigenvalue weighted by Crippen LogP contribution is 2.38. The van der Waals surface area contributed by atoms with E-state index in [-0.39, 0.29) is 59.2 Å². The Labute approximate surface area is 458 Å². The van der Waals surface area contributed by atoms with Gasteiger partial charge in [0.1, 0.15) is 40.7 Å². The molecule has 418 valence electrons. The first kappa shape index (κ1) is 56.1. The first-order valence-electron chi connectivity index (χ1n) is 28.0. The third-order valence-electron chi connectivity index (χ3n) is 16.7. The second-order valence-corrected chi connectivity index (χ2v) is 25.6. The van der Waals surface area contributed by atoms with Crippen LogP contribution in [0, 0.1) is 25.7 Å². The molecule has 20 heteroatoms. The van der Waals surface area contributed by atoms with Gasteiger partial charge in [-0.3, -0.25) is 24.3 Å². The molecule has 3 fully saturated rings. The number of aromatic amines is 1. The lowest BCUT2D eigenvalue weighted by molar-refractivity contribution is -0.143. The number of aryl methyl sites for hydroxylation is 2. The van der Waals surface area contributed by atoms with Gasteiger partial charge in [-0.2, -0.15) is 5.10 Å². The third kappa shape index (κ3) is 12.4. The number of hydrogen-bond acceptors (Lipinski definition) is 14. The smallest absolute Gasteiger partial charge is 0.253 e. The summed E-state index contributed by atoms with van der Waals surface area (Å²) in [5, 5.41) is 23.6. The van der Waals surface area contributed by atoms with Crippen LogP contribution < -0.4 is 36.2 Å². The quantitative estimate of drug-likeness (QED) is 0.0471. The first-order valence-corrected chi connectivity index (χ1v) is 29.5. The highest BCUT2D eigenvalue weighted by atomic mass is 32.2. The fourth-order valence-corrected chi connectivity index (χ4v) is 12.9. The standard InChI is InChI=1S/C58H78N12O7S/c1-35-36(2)67-68-52(35)66-53-44-30-49(78(75,76)58(4,5)6)48(31-46(44)61-34-62-53)77-28-14-15-38-24-26-69(27-25-38)50-23-22-41(32-60-50)55(72)63-42-29-47(56(73)64-45-21-13-19-39-16-11-12-20-43(39)45)70(33-42)57(74)51(40-17-9-8-10-18-40)65-54(71)37(3)59-7/h11-12,16,20,22-23,30-32,34,37-38,40,42,45,47,51,59H,8-10,13-15,17-19,21,24-29,33H2,1-7H3,(H,63,72)(H,64,73)(H,65,71)(H2,61,62,66,67,68)/t37-,42-,45+,47-,51?/m0/s1. The zero-order valence-electron chi connectivity index (χ0n) is 46.3. The average molecular weight is 1090 g/mol. The predicted octanol–water partition coefficient (Wildman–Crippen LogP) is 7.32. The van der Waals surface area contributed by atoms with Crippen molar-refractivity contribution in [3.63, 3.8) is 0 Å². The molecule has 78 heavy (non-hydrogen) atoms. The molecule has 2 aliphatic heterocycles. The van der Waals surface area contributed by atoms with Gasteiger partial charge in [-0.05, 0) is 154 Å². The van der Waals surface area contributed by atoms with Crippen molar-refractivity contribution in [3.8, 4) is 5.75 Å². The lowest BCUT2D eigenvalue weighted by atomic mass is 9.83. The minimum absolute atomic E-state index is 0.0612. The molecule has 2 saturated heterocycles. The summed E-state index contributed by atoms with van der Waals surface area (Å²) in [5.41, 5.74) is 5.06. The average Bonchev–Trinajstić information content (AvgIpc) is 4.07. The van der Waals surface area contributed by atoms with E-state index in [0.29, 0.717) is 40.6 Å². The Morgan fingerprint density at radius 3 is 2.37 bits per heavy atom. The molecule has 19 nitrogen and oxygen atoms in total. The Hall–Kier alpha value is -6.67. The summed E-state index contributed by atoms with van der Waals surface area (Å²) in [6, 6.07) is 12.2. The maximum atomic E-state index is 14.8. The first-order chi connectivity index (χ1) is 37.4. The van der Waals surface area contributed by atoms with Crippen LogP contribution >= 0.6 is 0 Å². The topological polar surface area (TPSA) is 246 Å². The van der Waals surface area contributed by atoms with Gasteiger partial charge < -0.3 is 41.1 Å². The van der Waals surface area contributed by atoms with Gasteiger partial charge in [0.15, 0.2) is 15.7 Å². The van der Waals surface area contributed by atoms with Crippen molar-refractivity contribution in [2.45, 2.75) is 165 Å². The molecule has 5 heterocycles. The molecule has 4 amide bonds. The van der Waals surface area contributed by atoms with Crippen molar-refractivity contribution in [1.29, 1.82) is 0 Å². The van der Waals surface area contributed by atoms with Crippen LogP contribution in [0.3, 0.4) is 0 Å². The van der Waals surface area contributed by atoms with E-state index in [1.165, 1.54) is 11.9 Å². The van der Waals surface area contributed by atoms with Crippen LogP contribution in [0.4, 0.5) is 17.5 Å². The van der Waals surface area contributed by atoms with Crippen molar-refractivity contribution >= 4 is 61.8 Å². The Bertz CT molecular complexity index is 3070. The molecule has 0 bridgehead atoms. The number of sulfone groups is 1. The van der Waals surface area contributed by atoms with Crippen molar-refractivity contribution in [2.75, 3.05) is 43.5 Å². The number of likely N-dealkylation sites (N-methyl/N-ethyl adjacent to an activating group) is 1. The highest BCUT2D eigenvalue weighted by Gasteiger charge is 2.45. The Balaban J connectivity index is 0.809. The number of nitrogens with zero attached hydrogens (tertiary/aromatic N) is 6. The van der Waals surface area contributed by atoms with E-state index < -0.39 is 38.8 Å². The monoisotopic (exact) mass is 1090 g/mol. The number of carbonyl (C=O) groups is 4. The Kier molecular flexibility index (Phi) is 17.4. The number of benzene rings is 2. The van der Waals surface area contributed by atoms with Gasteiger partial charge in [0.2, 0.25) is 17.7 Å². The summed E-state index contributed by atoms with van der Waals surface area (Å²) in [7, 11) is -2.12. The van der Waals surface area contributed by atoms with Gasteiger partial charge in [0, 0.05) is 54.6 Å². The molecule has 0 spiro atoms. The maximum Gasteiger partial charge on any atom is 0.253 e. The number of ether oxygens (including phenoxy) is 1. The normalized spacial score (nSPS) is 20.2. The number of pyridine rings is 1. The fourth-order valence-electron chi connectivity index (χ4n) is 11.6. The van der Waals surface area contributed by atoms with Crippen LogP contribution in [0.5, 0.6) is 5.75 Å². The van der Waals surface area contributed by atoms with E-state index in [2.05, 4.69) is 63.8 Å². The Morgan fingerprint density at radius 1 is 0.897 bits per heavy atom. The molecule has 5 aromatic rings. The lowest BCUT2D eigenvalue weighted by Gasteiger charge is -2.35. The van der Waals surface area contributed by atoms with Crippen LogP contribution in [-0.4, -0.2) is 124 Å². The summed E-state index contributed by atoms with van der Waals surface area (Å²) in [6.45, 7) is 12.7. The van der Waals surface area contributed by atoms with E-state index in [4.69, 9.17) is 9.72 Å². The van der Waals surface area contributed by atoms with E-state index in [1.807, 2.05) is 32.0 Å². The fraction of sp³-hybridized carbons (Fsp3) is 0.552. The summed E-state index contributed by atoms with van der Waals surface area (Å²) >= 11 is 0. The van der Waals surface area contributed by atoms with E-state index in [0.717, 1.165) is 113 Å². The predicted molar refractivity (Wildman–Crippen MR) is 300 cm³/mol. The zero-order valence-corrected chi connectivity index (χ0v) is 47.1. The summed E-state index contributed by atoms with van der Waals surface area (Å²) in [5.74, 6) is 1.29. The van der Waals surface area contributed by atoms with Crippen LogP contribution in [0.15, 0.2) is 66.0 Å². The van der Waals surface area contributed by atoms with Crippen LogP contribution in [-0.2, 0) is 30.6 Å². The number of nitrogens with one attached hydrogen (secondary N) is 6. The number of H-pyrrole nitrogens is 1. The summed E-state index contributed by atoms with van der Waals surface area (Å²) in [6.07, 6.45) is 14.0. The van der Waals surface area contributed by atoms with Crippen LogP contribution in [0.25, 0.3) is 10.9 Å². The molecule has 3 aromatic heterocycles. The molecule has 9 rings (SSSR count). The molecular formula is C58H78N12O7S. The number of likely N-dealkylation sites (tertiary alicyclic amines) is 1. The van der Waals surface area contributed by atoms with Crippen molar-refractivity contribution in [2.24, 2.45) is 11.8 Å². The summed E-state index contributed by atoms with van der Waals surface area (Å²) in [4.78, 5) is 74.1. The van der Waals surface area contributed by atoms with Gasteiger partial charge in [-0.25, -0.2) is 23.4 Å². The van der Waals surface area contributed by atoms with E-state index in [1.54, 1.807) is 64.0 Å². The van der Waals surface area contributed by atoms with Gasteiger partial charge in [-0.15, -0.1) is 0 Å². The molecule has 2 aliphatic carbocycles. The zero-order chi connectivity index (χ0) is 55.3. The van der Waals surface area contributed by atoms with Gasteiger partial charge in [0.05, 0.1) is 34.5 Å². The highest BCUT2D eigenvalue weighted by molar-refractivity contribution is 7.92. The van der Waals surface area contributed by atoms with Gasteiger partial charge >= 0.3 is 0 Å².